The fraction of sp³-hybridized carbons (Fsp3) is 0.538. The van der Waals surface area contributed by atoms with E-state index in [9.17, 15) is 26.0 Å². The molecule has 0 saturated heterocycles. The second kappa shape index (κ2) is 6.45. The molecule has 1 aromatic rings. The molecule has 2 atom stereocenters. The lowest BCUT2D eigenvalue weighted by Gasteiger charge is -2.30. The third-order valence-corrected chi connectivity index (χ3v) is 5.67. The molecule has 0 aliphatic heterocycles. The standard InChI is InChI=1S/C13H14BrF4NO2S/c14-9-4-5-11(15)12(7-9)22(20,21)19-10-3-1-2-8(6-10)13(16,17)18/h4-5,7-8,10,19H,1-3,6H2. The zero-order chi connectivity index (χ0) is 16.5. The normalized spacial score (nSPS) is 23.5. The first-order valence-electron chi connectivity index (χ1n) is 6.63. The average molecular weight is 404 g/mol. The average Bonchev–Trinajstić information content (AvgIpc) is 2.40. The molecule has 0 heterocycles. The van der Waals surface area contributed by atoms with Gasteiger partial charge in [0.25, 0.3) is 0 Å². The Hall–Kier alpha value is -0.670. The maximum Gasteiger partial charge on any atom is 0.391 e. The molecule has 0 radical (unpaired) electrons. The van der Waals surface area contributed by atoms with Crippen molar-refractivity contribution in [3.8, 4) is 0 Å². The second-order valence-electron chi connectivity index (χ2n) is 5.30. The molecular formula is C13H14BrF4NO2S. The van der Waals surface area contributed by atoms with Gasteiger partial charge in [-0.25, -0.2) is 17.5 Å². The monoisotopic (exact) mass is 403 g/mol. The van der Waals surface area contributed by atoms with Crippen molar-refractivity contribution in [2.45, 2.75) is 42.8 Å². The maximum atomic E-state index is 13.7. The van der Waals surface area contributed by atoms with Crippen molar-refractivity contribution >= 4 is 26.0 Å². The van der Waals surface area contributed by atoms with Crippen LogP contribution in [0, 0.1) is 11.7 Å². The zero-order valence-corrected chi connectivity index (χ0v) is 13.7. The van der Waals surface area contributed by atoms with Gasteiger partial charge in [-0.15, -0.1) is 0 Å². The highest BCUT2D eigenvalue weighted by Gasteiger charge is 2.43. The summed E-state index contributed by atoms with van der Waals surface area (Å²) < 4.78 is 78.8. The van der Waals surface area contributed by atoms with E-state index in [0.29, 0.717) is 10.9 Å². The molecule has 1 aliphatic rings. The van der Waals surface area contributed by atoms with E-state index in [2.05, 4.69) is 20.7 Å². The fourth-order valence-electron chi connectivity index (χ4n) is 2.56. The molecule has 2 unspecified atom stereocenters. The van der Waals surface area contributed by atoms with Crippen molar-refractivity contribution in [2.75, 3.05) is 0 Å². The molecule has 0 amide bonds. The molecule has 2 rings (SSSR count). The molecule has 3 nitrogen and oxygen atoms in total. The lowest BCUT2D eigenvalue weighted by Crippen LogP contribution is -2.41. The van der Waals surface area contributed by atoms with Crippen LogP contribution >= 0.6 is 15.9 Å². The van der Waals surface area contributed by atoms with Crippen molar-refractivity contribution in [2.24, 2.45) is 5.92 Å². The largest absolute Gasteiger partial charge is 0.391 e. The van der Waals surface area contributed by atoms with E-state index in [1.54, 1.807) is 0 Å². The summed E-state index contributed by atoms with van der Waals surface area (Å²) in [4.78, 5) is -0.573. The molecular weight excluding hydrogens is 390 g/mol. The first kappa shape index (κ1) is 17.7. The quantitative estimate of drug-likeness (QED) is 0.775. The maximum absolute atomic E-state index is 13.7. The van der Waals surface area contributed by atoms with Gasteiger partial charge in [-0.05, 0) is 37.5 Å². The van der Waals surface area contributed by atoms with Gasteiger partial charge < -0.3 is 0 Å². The van der Waals surface area contributed by atoms with Gasteiger partial charge in [0, 0.05) is 10.5 Å². The summed E-state index contributed by atoms with van der Waals surface area (Å²) in [6.45, 7) is 0. The lowest BCUT2D eigenvalue weighted by molar-refractivity contribution is -0.183. The molecule has 1 saturated carbocycles. The number of rotatable bonds is 3. The number of hydrogen-bond donors (Lipinski definition) is 1. The fourth-order valence-corrected chi connectivity index (χ4v) is 4.46. The molecule has 1 N–H and O–H groups in total. The summed E-state index contributed by atoms with van der Waals surface area (Å²) >= 11 is 3.04. The van der Waals surface area contributed by atoms with E-state index in [1.807, 2.05) is 0 Å². The Bertz CT molecular complexity index is 648. The van der Waals surface area contributed by atoms with Crippen LogP contribution in [0.3, 0.4) is 0 Å². The van der Waals surface area contributed by atoms with Gasteiger partial charge in [-0.2, -0.15) is 13.2 Å². The van der Waals surface area contributed by atoms with Gasteiger partial charge in [-0.3, -0.25) is 0 Å². The Kier molecular flexibility index (Phi) is 5.18. The molecule has 9 heteroatoms. The van der Waals surface area contributed by atoms with E-state index in [-0.39, 0.29) is 19.3 Å². The van der Waals surface area contributed by atoms with Gasteiger partial charge in [0.1, 0.15) is 10.7 Å². The minimum atomic E-state index is -4.34. The third kappa shape index (κ3) is 4.20. The Morgan fingerprint density at radius 1 is 1.23 bits per heavy atom. The Labute approximate surface area is 134 Å². The lowest BCUT2D eigenvalue weighted by atomic mass is 9.86. The smallest absolute Gasteiger partial charge is 0.208 e. The number of sulfonamides is 1. The van der Waals surface area contributed by atoms with Crippen LogP contribution in [0.5, 0.6) is 0 Å². The summed E-state index contributed by atoms with van der Waals surface area (Å²) in [7, 11) is -4.20. The number of alkyl halides is 3. The molecule has 1 aromatic carbocycles. The van der Waals surface area contributed by atoms with Crippen molar-refractivity contribution in [3.63, 3.8) is 0 Å². The van der Waals surface area contributed by atoms with E-state index in [4.69, 9.17) is 0 Å². The van der Waals surface area contributed by atoms with E-state index >= 15 is 0 Å². The second-order valence-corrected chi connectivity index (χ2v) is 7.90. The highest BCUT2D eigenvalue weighted by Crippen LogP contribution is 2.38. The first-order valence-corrected chi connectivity index (χ1v) is 8.91. The van der Waals surface area contributed by atoms with Gasteiger partial charge in [0.15, 0.2) is 0 Å². The Balaban J connectivity index is 2.17. The van der Waals surface area contributed by atoms with Crippen molar-refractivity contribution in [1.82, 2.24) is 4.72 Å². The first-order chi connectivity index (χ1) is 10.1. The van der Waals surface area contributed by atoms with Crippen LogP contribution in [-0.4, -0.2) is 20.6 Å². The summed E-state index contributed by atoms with van der Waals surface area (Å²) in [6, 6.07) is 2.57. The van der Waals surface area contributed by atoms with Gasteiger partial charge in [-0.1, -0.05) is 22.4 Å². The number of nitrogens with one attached hydrogen (secondary N) is 1. The molecule has 124 valence electrons. The minimum Gasteiger partial charge on any atom is -0.208 e. The van der Waals surface area contributed by atoms with Crippen LogP contribution < -0.4 is 4.72 Å². The summed E-state index contributed by atoms with van der Waals surface area (Å²) in [6.07, 6.45) is -4.09. The van der Waals surface area contributed by atoms with Crippen LogP contribution in [0.4, 0.5) is 17.6 Å². The molecule has 0 aromatic heterocycles. The van der Waals surface area contributed by atoms with E-state index < -0.39 is 38.9 Å². The molecule has 1 aliphatic carbocycles. The predicted octanol–water partition coefficient (Wildman–Crippen LogP) is 3.99. The SMILES string of the molecule is O=S(=O)(NC1CCCC(C(F)(F)F)C1)c1cc(Br)ccc1F. The number of benzene rings is 1. The van der Waals surface area contributed by atoms with Gasteiger partial charge in [0.2, 0.25) is 10.0 Å². The van der Waals surface area contributed by atoms with Crippen molar-refractivity contribution < 1.29 is 26.0 Å². The number of hydrogen-bond acceptors (Lipinski definition) is 2. The Morgan fingerprint density at radius 2 is 1.91 bits per heavy atom. The molecule has 0 spiro atoms. The number of halogens is 5. The molecule has 22 heavy (non-hydrogen) atoms. The van der Waals surface area contributed by atoms with Crippen LogP contribution in [0.1, 0.15) is 25.7 Å². The topological polar surface area (TPSA) is 46.2 Å². The molecule has 0 bridgehead atoms. The van der Waals surface area contributed by atoms with Gasteiger partial charge in [0.05, 0.1) is 5.92 Å². The van der Waals surface area contributed by atoms with Crippen molar-refractivity contribution in [3.05, 3.63) is 28.5 Å². The van der Waals surface area contributed by atoms with Crippen LogP contribution in [-0.2, 0) is 10.0 Å². The van der Waals surface area contributed by atoms with E-state index in [0.717, 1.165) is 12.1 Å². The predicted molar refractivity (Wildman–Crippen MR) is 76.2 cm³/mol. The van der Waals surface area contributed by atoms with Crippen LogP contribution in [0.15, 0.2) is 27.6 Å². The van der Waals surface area contributed by atoms with Crippen LogP contribution in [0.2, 0.25) is 0 Å². The minimum absolute atomic E-state index is 0.00697. The zero-order valence-electron chi connectivity index (χ0n) is 11.3. The summed E-state index contributed by atoms with van der Waals surface area (Å²) in [5, 5.41) is 0. The highest BCUT2D eigenvalue weighted by molar-refractivity contribution is 9.10. The molecule has 1 fully saturated rings. The van der Waals surface area contributed by atoms with E-state index in [1.165, 1.54) is 6.07 Å². The van der Waals surface area contributed by atoms with Gasteiger partial charge >= 0.3 is 6.18 Å². The Morgan fingerprint density at radius 3 is 2.55 bits per heavy atom. The summed E-state index contributed by atoms with van der Waals surface area (Å²) in [5.74, 6) is -2.47. The van der Waals surface area contributed by atoms with Crippen LogP contribution in [0.25, 0.3) is 0 Å². The summed E-state index contributed by atoms with van der Waals surface area (Å²) in [5.41, 5.74) is 0. The van der Waals surface area contributed by atoms with Crippen molar-refractivity contribution in [1.29, 1.82) is 0 Å². The third-order valence-electron chi connectivity index (χ3n) is 3.64. The highest BCUT2D eigenvalue weighted by atomic mass is 79.9.